The summed E-state index contributed by atoms with van der Waals surface area (Å²) in [5.41, 5.74) is 2.11. The van der Waals surface area contributed by atoms with Gasteiger partial charge >= 0.3 is 11.6 Å². The second-order valence-electron chi connectivity index (χ2n) is 5.79. The smallest absolute Gasteiger partial charge is 0.347 e. The standard InChI is InChI=1S/C18H20O5/c1-3-9-21-17(19)11(2)22-12-7-8-14-13-5-4-6-15(13)18(20)23-16(14)10-12/h7-8,10-11H,3-6,9H2,1-2H3. The van der Waals surface area contributed by atoms with Crippen LogP contribution in [-0.4, -0.2) is 18.7 Å². The average molecular weight is 316 g/mol. The van der Waals surface area contributed by atoms with Crippen LogP contribution in [0.2, 0.25) is 0 Å². The van der Waals surface area contributed by atoms with E-state index in [1.54, 1.807) is 19.1 Å². The molecule has 0 amide bonds. The van der Waals surface area contributed by atoms with Crippen LogP contribution in [0.3, 0.4) is 0 Å². The molecule has 5 heteroatoms. The number of esters is 1. The second-order valence-corrected chi connectivity index (χ2v) is 5.79. The SMILES string of the molecule is CCCOC(=O)C(C)Oc1ccc2c3c(c(=O)oc2c1)CCC3. The molecule has 0 spiro atoms. The topological polar surface area (TPSA) is 65.7 Å². The highest BCUT2D eigenvalue weighted by molar-refractivity contribution is 5.83. The van der Waals surface area contributed by atoms with Crippen molar-refractivity contribution >= 4 is 16.9 Å². The van der Waals surface area contributed by atoms with Crippen molar-refractivity contribution in [1.82, 2.24) is 0 Å². The number of aryl methyl sites for hydroxylation is 1. The van der Waals surface area contributed by atoms with Crippen LogP contribution >= 0.6 is 0 Å². The van der Waals surface area contributed by atoms with Crippen LogP contribution in [0.25, 0.3) is 11.0 Å². The van der Waals surface area contributed by atoms with Crippen LogP contribution in [0.5, 0.6) is 5.75 Å². The van der Waals surface area contributed by atoms with E-state index in [-0.39, 0.29) is 5.63 Å². The Kier molecular flexibility index (Phi) is 4.37. The van der Waals surface area contributed by atoms with Crippen molar-refractivity contribution in [1.29, 1.82) is 0 Å². The number of rotatable bonds is 5. The van der Waals surface area contributed by atoms with Crippen molar-refractivity contribution in [3.63, 3.8) is 0 Å². The quantitative estimate of drug-likeness (QED) is 0.626. The third-order valence-electron chi connectivity index (χ3n) is 4.04. The molecule has 1 atom stereocenters. The zero-order valence-corrected chi connectivity index (χ0v) is 13.4. The van der Waals surface area contributed by atoms with E-state index in [0.29, 0.717) is 17.9 Å². The fraction of sp³-hybridized carbons (Fsp3) is 0.444. The van der Waals surface area contributed by atoms with Crippen molar-refractivity contribution in [2.24, 2.45) is 0 Å². The molecule has 2 aromatic rings. The number of benzene rings is 1. The van der Waals surface area contributed by atoms with E-state index in [1.807, 2.05) is 13.0 Å². The molecule has 5 nitrogen and oxygen atoms in total. The summed E-state index contributed by atoms with van der Waals surface area (Å²) in [5, 5.41) is 0.950. The zero-order chi connectivity index (χ0) is 16.4. The van der Waals surface area contributed by atoms with Gasteiger partial charge in [-0.1, -0.05) is 6.92 Å². The Hall–Kier alpha value is -2.30. The highest BCUT2D eigenvalue weighted by Gasteiger charge is 2.21. The molecule has 1 aliphatic carbocycles. The Morgan fingerprint density at radius 3 is 2.87 bits per heavy atom. The summed E-state index contributed by atoms with van der Waals surface area (Å²) < 4.78 is 16.1. The van der Waals surface area contributed by atoms with E-state index in [1.165, 1.54) is 0 Å². The molecular weight excluding hydrogens is 296 g/mol. The number of carbonyl (C=O) groups is 1. The third kappa shape index (κ3) is 3.09. The van der Waals surface area contributed by atoms with Crippen molar-refractivity contribution in [3.05, 3.63) is 39.7 Å². The predicted octanol–water partition coefficient (Wildman–Crippen LogP) is 3.00. The first-order valence-electron chi connectivity index (χ1n) is 8.02. The van der Waals surface area contributed by atoms with Crippen LogP contribution in [-0.2, 0) is 22.4 Å². The van der Waals surface area contributed by atoms with Gasteiger partial charge in [-0.25, -0.2) is 9.59 Å². The van der Waals surface area contributed by atoms with Crippen molar-refractivity contribution in [2.75, 3.05) is 6.61 Å². The van der Waals surface area contributed by atoms with Crippen LogP contribution in [0, 0.1) is 0 Å². The number of ether oxygens (including phenoxy) is 2. The fourth-order valence-corrected chi connectivity index (χ4v) is 2.91. The molecule has 0 N–H and O–H groups in total. The minimum absolute atomic E-state index is 0.266. The maximum Gasteiger partial charge on any atom is 0.347 e. The lowest BCUT2D eigenvalue weighted by Crippen LogP contribution is -2.26. The van der Waals surface area contributed by atoms with Crippen LogP contribution < -0.4 is 10.4 Å². The highest BCUT2D eigenvalue weighted by Crippen LogP contribution is 2.29. The van der Waals surface area contributed by atoms with Gasteiger partial charge in [0.15, 0.2) is 6.10 Å². The minimum atomic E-state index is -0.708. The number of hydrogen-bond acceptors (Lipinski definition) is 5. The van der Waals surface area contributed by atoms with Gasteiger partial charge in [0, 0.05) is 17.0 Å². The summed E-state index contributed by atoms with van der Waals surface area (Å²) in [6.45, 7) is 3.95. The monoisotopic (exact) mass is 316 g/mol. The Balaban J connectivity index is 1.85. The molecular formula is C18H20O5. The molecule has 1 aromatic carbocycles. The molecule has 3 rings (SSSR count). The molecule has 23 heavy (non-hydrogen) atoms. The third-order valence-corrected chi connectivity index (χ3v) is 4.04. The van der Waals surface area contributed by atoms with Gasteiger partial charge in [0.1, 0.15) is 11.3 Å². The van der Waals surface area contributed by atoms with Crippen molar-refractivity contribution < 1.29 is 18.7 Å². The van der Waals surface area contributed by atoms with Crippen LogP contribution in [0.15, 0.2) is 27.4 Å². The second kappa shape index (κ2) is 6.44. The van der Waals surface area contributed by atoms with Crippen LogP contribution in [0.1, 0.15) is 37.8 Å². The first-order chi connectivity index (χ1) is 11.1. The molecule has 1 aromatic heterocycles. The van der Waals surface area contributed by atoms with E-state index in [9.17, 15) is 9.59 Å². The largest absolute Gasteiger partial charge is 0.479 e. The zero-order valence-electron chi connectivity index (χ0n) is 13.4. The molecule has 0 saturated heterocycles. The normalized spacial score (nSPS) is 14.5. The summed E-state index contributed by atoms with van der Waals surface area (Å²) in [7, 11) is 0. The molecule has 0 fully saturated rings. The van der Waals surface area contributed by atoms with Gasteiger partial charge in [-0.05, 0) is 50.3 Å². The van der Waals surface area contributed by atoms with Gasteiger partial charge in [0.05, 0.1) is 6.61 Å². The summed E-state index contributed by atoms with van der Waals surface area (Å²) in [6, 6.07) is 5.35. The highest BCUT2D eigenvalue weighted by atomic mass is 16.6. The molecule has 1 aliphatic rings. The van der Waals surface area contributed by atoms with Gasteiger partial charge in [-0.15, -0.1) is 0 Å². The van der Waals surface area contributed by atoms with E-state index in [2.05, 4.69) is 0 Å². The Morgan fingerprint density at radius 2 is 2.09 bits per heavy atom. The molecule has 0 saturated carbocycles. The summed E-state index contributed by atoms with van der Waals surface area (Å²) >= 11 is 0. The summed E-state index contributed by atoms with van der Waals surface area (Å²) in [5.74, 6) is 0.0851. The van der Waals surface area contributed by atoms with Gasteiger partial charge in [-0.3, -0.25) is 0 Å². The maximum absolute atomic E-state index is 12.0. The summed E-state index contributed by atoms with van der Waals surface area (Å²) in [4.78, 5) is 23.8. The Morgan fingerprint density at radius 1 is 1.30 bits per heavy atom. The average Bonchev–Trinajstić information content (AvgIpc) is 3.02. The van der Waals surface area contributed by atoms with E-state index in [0.717, 1.165) is 42.2 Å². The fourth-order valence-electron chi connectivity index (χ4n) is 2.91. The summed E-state index contributed by atoms with van der Waals surface area (Å²) in [6.07, 6.45) is 2.73. The lowest BCUT2D eigenvalue weighted by molar-refractivity contribution is -0.151. The van der Waals surface area contributed by atoms with Gasteiger partial charge in [0.2, 0.25) is 0 Å². The van der Waals surface area contributed by atoms with Crippen LogP contribution in [0.4, 0.5) is 0 Å². The Labute approximate surface area is 134 Å². The predicted molar refractivity (Wildman–Crippen MR) is 85.8 cm³/mol. The lowest BCUT2D eigenvalue weighted by Gasteiger charge is -2.14. The molecule has 0 aliphatic heterocycles. The van der Waals surface area contributed by atoms with E-state index < -0.39 is 12.1 Å². The molecule has 122 valence electrons. The van der Waals surface area contributed by atoms with Crippen molar-refractivity contribution in [2.45, 2.75) is 45.6 Å². The first kappa shape index (κ1) is 15.6. The minimum Gasteiger partial charge on any atom is -0.479 e. The lowest BCUT2D eigenvalue weighted by atomic mass is 10.1. The van der Waals surface area contributed by atoms with Gasteiger partial charge in [-0.2, -0.15) is 0 Å². The molecule has 0 bridgehead atoms. The molecule has 1 unspecified atom stereocenters. The Bertz CT molecular complexity index is 790. The number of carbonyl (C=O) groups excluding carboxylic acids is 1. The first-order valence-corrected chi connectivity index (χ1v) is 8.02. The van der Waals surface area contributed by atoms with E-state index in [4.69, 9.17) is 13.9 Å². The van der Waals surface area contributed by atoms with Crippen molar-refractivity contribution in [3.8, 4) is 5.75 Å². The van der Waals surface area contributed by atoms with Gasteiger partial charge in [0.25, 0.3) is 0 Å². The van der Waals surface area contributed by atoms with E-state index >= 15 is 0 Å². The van der Waals surface area contributed by atoms with Gasteiger partial charge < -0.3 is 13.9 Å². The maximum atomic E-state index is 12.0. The number of fused-ring (bicyclic) bond motifs is 3. The molecule has 0 radical (unpaired) electrons. The number of hydrogen-bond donors (Lipinski definition) is 0. The molecule has 1 heterocycles.